The molecule has 1 fully saturated rings. The van der Waals surface area contributed by atoms with Gasteiger partial charge in [0.15, 0.2) is 0 Å². The van der Waals surface area contributed by atoms with Crippen LogP contribution in [0.3, 0.4) is 0 Å². The Morgan fingerprint density at radius 3 is 2.56 bits per heavy atom. The molecule has 2 heteroatoms. The molecule has 0 aromatic carbocycles. The number of hydrogen-bond donors (Lipinski definition) is 1. The van der Waals surface area contributed by atoms with Crippen molar-refractivity contribution in [2.24, 2.45) is 0 Å². The zero-order valence-corrected chi connectivity index (χ0v) is 6.32. The minimum absolute atomic E-state index is 0.00231. The summed E-state index contributed by atoms with van der Waals surface area (Å²) in [6.45, 7) is 8.03. The standard InChI is InChI=1S/C7H14NO/c1-6-4-8-5-7(2,3)9-6/h8H,4-5H2,1-3H3. The van der Waals surface area contributed by atoms with Gasteiger partial charge in [0, 0.05) is 13.1 Å². The first-order valence-corrected chi connectivity index (χ1v) is 3.32. The minimum Gasteiger partial charge on any atom is -0.364 e. The van der Waals surface area contributed by atoms with Crippen LogP contribution in [0.1, 0.15) is 20.8 Å². The van der Waals surface area contributed by atoms with Gasteiger partial charge in [0.05, 0.1) is 5.60 Å². The summed E-state index contributed by atoms with van der Waals surface area (Å²) >= 11 is 0. The van der Waals surface area contributed by atoms with Crippen molar-refractivity contribution in [3.8, 4) is 0 Å². The number of nitrogens with one attached hydrogen (secondary N) is 1. The van der Waals surface area contributed by atoms with Gasteiger partial charge in [-0.25, -0.2) is 0 Å². The van der Waals surface area contributed by atoms with Crippen LogP contribution in [-0.4, -0.2) is 18.7 Å². The molecular formula is C7H14NO. The van der Waals surface area contributed by atoms with Crippen LogP contribution >= 0.6 is 0 Å². The molecule has 1 heterocycles. The zero-order chi connectivity index (χ0) is 6.91. The maximum Gasteiger partial charge on any atom is 0.108 e. The van der Waals surface area contributed by atoms with Crippen LogP contribution in [0, 0.1) is 6.10 Å². The molecule has 9 heavy (non-hydrogen) atoms. The van der Waals surface area contributed by atoms with Gasteiger partial charge in [-0.1, -0.05) is 0 Å². The fraction of sp³-hybridized carbons (Fsp3) is 0.857. The SMILES string of the molecule is C[C]1CNCC(C)(C)O1. The molecule has 0 atom stereocenters. The van der Waals surface area contributed by atoms with Gasteiger partial charge in [0.25, 0.3) is 0 Å². The fourth-order valence-electron chi connectivity index (χ4n) is 1.08. The first kappa shape index (κ1) is 7.03. The predicted octanol–water partition coefficient (Wildman–Crippen LogP) is 0.937. The Morgan fingerprint density at radius 1 is 1.56 bits per heavy atom. The monoisotopic (exact) mass is 128 g/mol. The van der Waals surface area contributed by atoms with E-state index in [0.29, 0.717) is 0 Å². The van der Waals surface area contributed by atoms with Crippen molar-refractivity contribution in [2.45, 2.75) is 26.4 Å². The van der Waals surface area contributed by atoms with Crippen LogP contribution in [0.15, 0.2) is 0 Å². The van der Waals surface area contributed by atoms with E-state index in [1.807, 2.05) is 6.92 Å². The molecule has 2 nitrogen and oxygen atoms in total. The summed E-state index contributed by atoms with van der Waals surface area (Å²) in [5.41, 5.74) is 0.00231. The van der Waals surface area contributed by atoms with Gasteiger partial charge in [-0.15, -0.1) is 0 Å². The number of hydrogen-bond acceptors (Lipinski definition) is 2. The van der Waals surface area contributed by atoms with Gasteiger partial charge >= 0.3 is 0 Å². The smallest absolute Gasteiger partial charge is 0.108 e. The largest absolute Gasteiger partial charge is 0.364 e. The van der Waals surface area contributed by atoms with Crippen molar-refractivity contribution in [3.63, 3.8) is 0 Å². The molecule has 0 aromatic rings. The van der Waals surface area contributed by atoms with E-state index in [2.05, 4.69) is 19.2 Å². The van der Waals surface area contributed by atoms with Crippen molar-refractivity contribution < 1.29 is 4.74 Å². The Bertz CT molecular complexity index is 101. The number of rotatable bonds is 0. The molecule has 0 aromatic heterocycles. The molecule has 0 unspecified atom stereocenters. The Balaban J connectivity index is 2.41. The summed E-state index contributed by atoms with van der Waals surface area (Å²) in [6, 6.07) is 0. The molecule has 0 amide bonds. The van der Waals surface area contributed by atoms with Gasteiger partial charge in [-0.2, -0.15) is 0 Å². The van der Waals surface area contributed by atoms with Gasteiger partial charge in [-0.05, 0) is 20.8 Å². The van der Waals surface area contributed by atoms with Gasteiger partial charge < -0.3 is 10.1 Å². The lowest BCUT2D eigenvalue weighted by Crippen LogP contribution is -2.46. The maximum absolute atomic E-state index is 5.53. The molecule has 0 spiro atoms. The third-order valence-electron chi connectivity index (χ3n) is 1.38. The zero-order valence-electron chi connectivity index (χ0n) is 6.32. The van der Waals surface area contributed by atoms with Crippen molar-refractivity contribution in [3.05, 3.63) is 6.10 Å². The molecule has 1 radical (unpaired) electrons. The fourth-order valence-corrected chi connectivity index (χ4v) is 1.08. The summed E-state index contributed by atoms with van der Waals surface area (Å²) in [5.74, 6) is 0. The van der Waals surface area contributed by atoms with Crippen LogP contribution in [0.5, 0.6) is 0 Å². The highest BCUT2D eigenvalue weighted by atomic mass is 16.5. The summed E-state index contributed by atoms with van der Waals surface area (Å²) < 4.78 is 5.53. The lowest BCUT2D eigenvalue weighted by Gasteiger charge is -2.34. The van der Waals surface area contributed by atoms with Crippen LogP contribution in [0.25, 0.3) is 0 Å². The first-order valence-electron chi connectivity index (χ1n) is 3.32. The average Bonchev–Trinajstić information content (AvgIpc) is 1.60. The normalized spacial score (nSPS) is 28.3. The lowest BCUT2D eigenvalue weighted by atomic mass is 10.1. The molecular weight excluding hydrogens is 114 g/mol. The first-order chi connectivity index (χ1) is 4.10. The molecule has 1 aliphatic rings. The highest BCUT2D eigenvalue weighted by Gasteiger charge is 2.25. The Labute approximate surface area is 56.6 Å². The Kier molecular flexibility index (Phi) is 1.78. The average molecular weight is 128 g/mol. The van der Waals surface area contributed by atoms with Crippen LogP contribution in [0.4, 0.5) is 0 Å². The maximum atomic E-state index is 5.53. The van der Waals surface area contributed by atoms with Gasteiger partial charge in [-0.3, -0.25) is 0 Å². The minimum atomic E-state index is 0.00231. The second-order valence-corrected chi connectivity index (χ2v) is 3.17. The molecule has 53 valence electrons. The molecule has 0 saturated carbocycles. The highest BCUT2D eigenvalue weighted by Crippen LogP contribution is 2.18. The van der Waals surface area contributed by atoms with E-state index in [1.165, 1.54) is 0 Å². The summed E-state index contributed by atoms with van der Waals surface area (Å²) in [4.78, 5) is 0. The lowest BCUT2D eigenvalue weighted by molar-refractivity contribution is -0.0291. The highest BCUT2D eigenvalue weighted by molar-refractivity contribution is 4.88. The van der Waals surface area contributed by atoms with E-state index in [-0.39, 0.29) is 5.60 Å². The number of ether oxygens (including phenoxy) is 1. The van der Waals surface area contributed by atoms with E-state index in [0.717, 1.165) is 19.2 Å². The van der Waals surface area contributed by atoms with Crippen LogP contribution < -0.4 is 5.32 Å². The van der Waals surface area contributed by atoms with Crippen molar-refractivity contribution in [2.75, 3.05) is 13.1 Å². The van der Waals surface area contributed by atoms with E-state index in [1.54, 1.807) is 0 Å². The molecule has 1 rings (SSSR count). The third-order valence-corrected chi connectivity index (χ3v) is 1.38. The van der Waals surface area contributed by atoms with Crippen molar-refractivity contribution in [1.29, 1.82) is 0 Å². The topological polar surface area (TPSA) is 21.3 Å². The van der Waals surface area contributed by atoms with E-state index < -0.39 is 0 Å². The van der Waals surface area contributed by atoms with Crippen LogP contribution in [0.2, 0.25) is 0 Å². The van der Waals surface area contributed by atoms with Crippen LogP contribution in [-0.2, 0) is 4.74 Å². The third kappa shape index (κ3) is 1.95. The number of morpholine rings is 1. The van der Waals surface area contributed by atoms with Gasteiger partial charge in [0.1, 0.15) is 6.10 Å². The molecule has 0 bridgehead atoms. The summed E-state index contributed by atoms with van der Waals surface area (Å²) in [6.07, 6.45) is 1.09. The predicted molar refractivity (Wildman–Crippen MR) is 37.0 cm³/mol. The van der Waals surface area contributed by atoms with E-state index >= 15 is 0 Å². The second kappa shape index (κ2) is 2.27. The summed E-state index contributed by atoms with van der Waals surface area (Å²) in [7, 11) is 0. The molecule has 1 saturated heterocycles. The molecule has 0 aliphatic carbocycles. The molecule has 1 aliphatic heterocycles. The van der Waals surface area contributed by atoms with E-state index in [4.69, 9.17) is 4.74 Å². The quantitative estimate of drug-likeness (QED) is 0.524. The molecule has 1 N–H and O–H groups in total. The Morgan fingerprint density at radius 2 is 2.22 bits per heavy atom. The van der Waals surface area contributed by atoms with E-state index in [9.17, 15) is 0 Å². The summed E-state index contributed by atoms with van der Waals surface area (Å²) in [5, 5.41) is 3.26. The van der Waals surface area contributed by atoms with Crippen molar-refractivity contribution in [1.82, 2.24) is 5.32 Å². The van der Waals surface area contributed by atoms with Crippen molar-refractivity contribution >= 4 is 0 Å². The Hall–Kier alpha value is -0.0800. The van der Waals surface area contributed by atoms with Gasteiger partial charge in [0.2, 0.25) is 0 Å². The second-order valence-electron chi connectivity index (χ2n) is 3.17.